The standard InChI is InChI=1S/C19H23N5O2/c1-14-3-5-16(6-4-14)24-13-15(11-20-24)12-23-9-7-19(8-10-23)17(25)22(2)18(26)21-19/h3-6,11,13H,7-10,12H2,1-2H3,(H,21,26). The van der Waals surface area contributed by atoms with Gasteiger partial charge >= 0.3 is 6.03 Å². The number of hydrogen-bond acceptors (Lipinski definition) is 4. The average Bonchev–Trinajstić information content (AvgIpc) is 3.18. The molecule has 0 atom stereocenters. The lowest BCUT2D eigenvalue weighted by molar-refractivity contribution is -0.132. The highest BCUT2D eigenvalue weighted by atomic mass is 16.2. The number of nitrogens with zero attached hydrogens (tertiary/aromatic N) is 4. The number of rotatable bonds is 3. The fraction of sp³-hybridized carbons (Fsp3) is 0.421. The molecule has 2 fully saturated rings. The minimum Gasteiger partial charge on any atom is -0.323 e. The molecule has 3 heterocycles. The Balaban J connectivity index is 1.39. The number of urea groups is 1. The van der Waals surface area contributed by atoms with Crippen molar-refractivity contribution in [1.29, 1.82) is 0 Å². The largest absolute Gasteiger partial charge is 0.324 e. The lowest BCUT2D eigenvalue weighted by Gasteiger charge is -2.37. The third kappa shape index (κ3) is 2.88. The van der Waals surface area contributed by atoms with Crippen molar-refractivity contribution in [3.8, 4) is 5.69 Å². The molecule has 2 aromatic rings. The molecule has 1 aromatic carbocycles. The van der Waals surface area contributed by atoms with Crippen molar-refractivity contribution >= 4 is 11.9 Å². The number of nitrogens with one attached hydrogen (secondary N) is 1. The predicted molar refractivity (Wildman–Crippen MR) is 96.8 cm³/mol. The topological polar surface area (TPSA) is 70.5 Å². The first-order valence-corrected chi connectivity index (χ1v) is 8.90. The molecule has 0 aliphatic carbocycles. The number of aryl methyl sites for hydroxylation is 1. The maximum atomic E-state index is 12.4. The summed E-state index contributed by atoms with van der Waals surface area (Å²) in [6, 6.07) is 7.97. The highest BCUT2D eigenvalue weighted by molar-refractivity contribution is 6.06. The number of hydrogen-bond donors (Lipinski definition) is 1. The van der Waals surface area contributed by atoms with E-state index in [-0.39, 0.29) is 11.9 Å². The van der Waals surface area contributed by atoms with Gasteiger partial charge in [0.25, 0.3) is 5.91 Å². The van der Waals surface area contributed by atoms with Crippen LogP contribution < -0.4 is 5.32 Å². The van der Waals surface area contributed by atoms with E-state index in [1.165, 1.54) is 17.5 Å². The number of aromatic nitrogens is 2. The lowest BCUT2D eigenvalue weighted by Crippen LogP contribution is -2.54. The van der Waals surface area contributed by atoms with Gasteiger partial charge in [0.2, 0.25) is 0 Å². The molecule has 4 rings (SSSR count). The van der Waals surface area contributed by atoms with Gasteiger partial charge in [0, 0.05) is 38.4 Å². The normalized spacial score (nSPS) is 20.0. The second-order valence-corrected chi connectivity index (χ2v) is 7.28. The number of amides is 3. The first-order valence-electron chi connectivity index (χ1n) is 8.90. The SMILES string of the molecule is Cc1ccc(-n2cc(CN3CCC4(CC3)NC(=O)N(C)C4=O)cn2)cc1. The molecule has 2 aliphatic rings. The van der Waals surface area contributed by atoms with Gasteiger partial charge in [0.05, 0.1) is 11.9 Å². The van der Waals surface area contributed by atoms with Gasteiger partial charge in [-0.15, -0.1) is 0 Å². The Morgan fingerprint density at radius 2 is 1.85 bits per heavy atom. The van der Waals surface area contributed by atoms with Crippen LogP contribution in [0.15, 0.2) is 36.7 Å². The second-order valence-electron chi connectivity index (χ2n) is 7.28. The van der Waals surface area contributed by atoms with Crippen molar-refractivity contribution in [1.82, 2.24) is 24.9 Å². The number of imide groups is 1. The van der Waals surface area contributed by atoms with Crippen molar-refractivity contribution in [2.75, 3.05) is 20.1 Å². The fourth-order valence-corrected chi connectivity index (χ4v) is 3.73. The Kier molecular flexibility index (Phi) is 4.03. The molecule has 1 aromatic heterocycles. The van der Waals surface area contributed by atoms with Crippen LogP contribution in [0.5, 0.6) is 0 Å². The van der Waals surface area contributed by atoms with Gasteiger partial charge in [-0.25, -0.2) is 9.48 Å². The number of carbonyl (C=O) groups excluding carboxylic acids is 2. The van der Waals surface area contributed by atoms with Gasteiger partial charge in [0.15, 0.2) is 0 Å². The lowest BCUT2D eigenvalue weighted by atomic mass is 9.87. The van der Waals surface area contributed by atoms with Crippen LogP contribution in [-0.2, 0) is 11.3 Å². The number of likely N-dealkylation sites (N-methyl/N-ethyl adjacent to an activating group) is 1. The first kappa shape index (κ1) is 16.8. The van der Waals surface area contributed by atoms with E-state index in [1.807, 2.05) is 17.1 Å². The van der Waals surface area contributed by atoms with Crippen LogP contribution in [0.1, 0.15) is 24.0 Å². The third-order valence-electron chi connectivity index (χ3n) is 5.42. The van der Waals surface area contributed by atoms with E-state index in [9.17, 15) is 9.59 Å². The molecule has 1 spiro atoms. The molecular weight excluding hydrogens is 330 g/mol. The number of likely N-dealkylation sites (tertiary alicyclic amines) is 1. The molecule has 0 radical (unpaired) electrons. The summed E-state index contributed by atoms with van der Waals surface area (Å²) in [5, 5.41) is 7.33. The van der Waals surface area contributed by atoms with Crippen LogP contribution in [0.4, 0.5) is 4.79 Å². The van der Waals surface area contributed by atoms with Gasteiger partial charge in [0.1, 0.15) is 5.54 Å². The van der Waals surface area contributed by atoms with E-state index < -0.39 is 5.54 Å². The monoisotopic (exact) mass is 353 g/mol. The van der Waals surface area contributed by atoms with Crippen LogP contribution >= 0.6 is 0 Å². The number of benzene rings is 1. The Hall–Kier alpha value is -2.67. The van der Waals surface area contributed by atoms with Gasteiger partial charge < -0.3 is 5.32 Å². The van der Waals surface area contributed by atoms with Crippen molar-refractivity contribution in [3.63, 3.8) is 0 Å². The Morgan fingerprint density at radius 3 is 2.46 bits per heavy atom. The van der Waals surface area contributed by atoms with E-state index in [4.69, 9.17) is 0 Å². The number of carbonyl (C=O) groups is 2. The van der Waals surface area contributed by atoms with Crippen molar-refractivity contribution < 1.29 is 9.59 Å². The molecule has 0 bridgehead atoms. The summed E-state index contributed by atoms with van der Waals surface area (Å²) in [6.07, 6.45) is 5.23. The maximum Gasteiger partial charge on any atom is 0.324 e. The quantitative estimate of drug-likeness (QED) is 0.853. The Morgan fingerprint density at radius 1 is 1.15 bits per heavy atom. The summed E-state index contributed by atoms with van der Waals surface area (Å²) in [5.41, 5.74) is 2.71. The Labute approximate surface area is 152 Å². The van der Waals surface area contributed by atoms with E-state index in [0.29, 0.717) is 12.8 Å². The second kappa shape index (κ2) is 6.25. The molecule has 2 saturated heterocycles. The zero-order valence-corrected chi connectivity index (χ0v) is 15.1. The fourth-order valence-electron chi connectivity index (χ4n) is 3.73. The molecular formula is C19H23N5O2. The smallest absolute Gasteiger partial charge is 0.323 e. The van der Waals surface area contributed by atoms with Gasteiger partial charge in [-0.05, 0) is 31.9 Å². The van der Waals surface area contributed by atoms with Crippen LogP contribution in [0, 0.1) is 6.92 Å². The maximum absolute atomic E-state index is 12.4. The molecule has 7 heteroatoms. The Bertz CT molecular complexity index is 834. The minimum atomic E-state index is -0.700. The summed E-state index contributed by atoms with van der Waals surface area (Å²) >= 11 is 0. The summed E-state index contributed by atoms with van der Waals surface area (Å²) in [7, 11) is 1.54. The first-order chi connectivity index (χ1) is 12.5. The molecule has 0 unspecified atom stereocenters. The van der Waals surface area contributed by atoms with E-state index in [1.54, 1.807) is 0 Å². The van der Waals surface area contributed by atoms with Crippen molar-refractivity contribution in [3.05, 3.63) is 47.8 Å². The van der Waals surface area contributed by atoms with E-state index in [2.05, 4.69) is 46.5 Å². The van der Waals surface area contributed by atoms with E-state index >= 15 is 0 Å². The van der Waals surface area contributed by atoms with Crippen molar-refractivity contribution in [2.45, 2.75) is 31.8 Å². The highest BCUT2D eigenvalue weighted by Crippen LogP contribution is 2.29. The van der Waals surface area contributed by atoms with Gasteiger partial charge in [-0.3, -0.25) is 14.6 Å². The summed E-state index contributed by atoms with van der Waals surface area (Å²) < 4.78 is 1.88. The summed E-state index contributed by atoms with van der Waals surface area (Å²) in [5.74, 6) is -0.102. The molecule has 2 aliphatic heterocycles. The van der Waals surface area contributed by atoms with E-state index in [0.717, 1.165) is 30.9 Å². The molecule has 136 valence electrons. The minimum absolute atomic E-state index is 0.102. The van der Waals surface area contributed by atoms with Crippen LogP contribution in [-0.4, -0.2) is 57.2 Å². The third-order valence-corrected chi connectivity index (χ3v) is 5.42. The van der Waals surface area contributed by atoms with Crippen LogP contribution in [0.3, 0.4) is 0 Å². The molecule has 0 saturated carbocycles. The zero-order chi connectivity index (χ0) is 18.3. The molecule has 3 amide bonds. The van der Waals surface area contributed by atoms with Gasteiger partial charge in [-0.1, -0.05) is 17.7 Å². The van der Waals surface area contributed by atoms with Gasteiger partial charge in [-0.2, -0.15) is 5.10 Å². The van der Waals surface area contributed by atoms with Crippen LogP contribution in [0.2, 0.25) is 0 Å². The average molecular weight is 353 g/mol. The summed E-state index contributed by atoms with van der Waals surface area (Å²) in [4.78, 5) is 27.6. The predicted octanol–water partition coefficient (Wildman–Crippen LogP) is 1.70. The molecule has 26 heavy (non-hydrogen) atoms. The number of piperidine rings is 1. The molecule has 7 nitrogen and oxygen atoms in total. The van der Waals surface area contributed by atoms with Crippen molar-refractivity contribution in [2.24, 2.45) is 0 Å². The summed E-state index contributed by atoms with van der Waals surface area (Å²) in [6.45, 7) is 4.40. The van der Waals surface area contributed by atoms with Crippen LogP contribution in [0.25, 0.3) is 5.69 Å². The zero-order valence-electron chi connectivity index (χ0n) is 15.1. The molecule has 1 N–H and O–H groups in total. The highest BCUT2D eigenvalue weighted by Gasteiger charge is 2.50.